The summed E-state index contributed by atoms with van der Waals surface area (Å²) in [4.78, 5) is 41.6. The molecule has 2 atom stereocenters. The van der Waals surface area contributed by atoms with E-state index in [0.717, 1.165) is 51.7 Å². The molecule has 0 spiro atoms. The Hall–Kier alpha value is -2.12. The van der Waals surface area contributed by atoms with Gasteiger partial charge in [0.1, 0.15) is 12.2 Å². The average molecular weight is 522 g/mol. The van der Waals surface area contributed by atoms with Gasteiger partial charge in [-0.15, -0.1) is 12.4 Å². The van der Waals surface area contributed by atoms with Gasteiger partial charge in [0.15, 0.2) is 0 Å². The molecule has 36 heavy (non-hydrogen) atoms. The van der Waals surface area contributed by atoms with Crippen LogP contribution in [0.2, 0.25) is 0 Å². The van der Waals surface area contributed by atoms with Gasteiger partial charge < -0.3 is 14.9 Å². The molecule has 1 aromatic carbocycles. The fraction of sp³-hybridized carbons (Fsp3) is 0.679. The fourth-order valence-electron chi connectivity index (χ4n) is 5.69. The summed E-state index contributed by atoms with van der Waals surface area (Å²) < 4.78 is 0. The van der Waals surface area contributed by atoms with Crippen molar-refractivity contribution in [2.45, 2.75) is 90.0 Å². The number of hydrogen-bond donors (Lipinski definition) is 2. The second-order valence-corrected chi connectivity index (χ2v) is 10.7. The van der Waals surface area contributed by atoms with E-state index in [1.54, 1.807) is 6.07 Å². The van der Waals surface area contributed by atoms with Gasteiger partial charge in [-0.25, -0.2) is 0 Å². The highest BCUT2D eigenvalue weighted by atomic mass is 35.5. The van der Waals surface area contributed by atoms with Crippen LogP contribution in [0, 0.1) is 5.92 Å². The van der Waals surface area contributed by atoms with Gasteiger partial charge in [-0.1, -0.05) is 52.2 Å². The summed E-state index contributed by atoms with van der Waals surface area (Å²) in [6.07, 6.45) is 7.05. The number of carbonyl (C=O) groups excluding carboxylic acids is 3. The molecule has 1 aromatic rings. The molecular formula is C28H44ClN3O4. The molecule has 0 aromatic heterocycles. The number of aromatic hydroxyl groups is 1. The zero-order valence-electron chi connectivity index (χ0n) is 22.1. The zero-order chi connectivity index (χ0) is 25.4. The molecule has 3 rings (SSSR count). The first-order valence-electron chi connectivity index (χ1n) is 13.4. The Morgan fingerprint density at radius 1 is 1.17 bits per heavy atom. The molecule has 0 radical (unpaired) electrons. The SMILES string of the molecule is CCCC(=O)NC(=O)CC(=O)N(CCN1CCC(C)(c2cccc(O)c2)C(C)C1)C1CCCCC1.Cl. The second-order valence-electron chi connectivity index (χ2n) is 10.7. The molecule has 3 amide bonds. The largest absolute Gasteiger partial charge is 0.508 e. The Balaban J connectivity index is 0.00000456. The van der Waals surface area contributed by atoms with Gasteiger partial charge in [0, 0.05) is 32.1 Å². The van der Waals surface area contributed by atoms with E-state index in [1.165, 1.54) is 12.0 Å². The van der Waals surface area contributed by atoms with Gasteiger partial charge in [-0.05, 0) is 61.3 Å². The number of phenols is 1. The normalized spacial score (nSPS) is 22.9. The lowest BCUT2D eigenvalue weighted by atomic mass is 9.68. The van der Waals surface area contributed by atoms with Crippen molar-refractivity contribution >= 4 is 30.1 Å². The number of piperidine rings is 1. The lowest BCUT2D eigenvalue weighted by molar-refractivity contribution is -0.139. The number of amides is 3. The predicted molar refractivity (Wildman–Crippen MR) is 144 cm³/mol. The van der Waals surface area contributed by atoms with Crippen molar-refractivity contribution in [1.82, 2.24) is 15.1 Å². The van der Waals surface area contributed by atoms with E-state index in [0.29, 0.717) is 31.1 Å². The molecule has 0 bridgehead atoms. The van der Waals surface area contributed by atoms with Gasteiger partial charge >= 0.3 is 0 Å². The topological polar surface area (TPSA) is 90.0 Å². The summed E-state index contributed by atoms with van der Waals surface area (Å²) in [5, 5.41) is 12.3. The van der Waals surface area contributed by atoms with Gasteiger partial charge in [-0.3, -0.25) is 19.7 Å². The van der Waals surface area contributed by atoms with Crippen LogP contribution in [0.1, 0.15) is 84.1 Å². The molecule has 1 saturated carbocycles. The van der Waals surface area contributed by atoms with Crippen molar-refractivity contribution in [1.29, 1.82) is 0 Å². The fourth-order valence-corrected chi connectivity index (χ4v) is 5.69. The summed E-state index contributed by atoms with van der Waals surface area (Å²) in [6.45, 7) is 9.65. The predicted octanol–water partition coefficient (Wildman–Crippen LogP) is 4.41. The van der Waals surface area contributed by atoms with E-state index in [4.69, 9.17) is 0 Å². The van der Waals surface area contributed by atoms with E-state index >= 15 is 0 Å². The van der Waals surface area contributed by atoms with E-state index in [-0.39, 0.29) is 42.1 Å². The number of halogens is 1. The molecule has 1 aliphatic carbocycles. The van der Waals surface area contributed by atoms with Crippen molar-refractivity contribution in [3.63, 3.8) is 0 Å². The van der Waals surface area contributed by atoms with Crippen LogP contribution in [-0.2, 0) is 19.8 Å². The molecule has 2 fully saturated rings. The lowest BCUT2D eigenvalue weighted by Gasteiger charge is -2.46. The van der Waals surface area contributed by atoms with E-state index in [9.17, 15) is 19.5 Å². The summed E-state index contributed by atoms with van der Waals surface area (Å²) in [5.74, 6) is -0.282. The Labute approximate surface area is 222 Å². The maximum absolute atomic E-state index is 13.2. The van der Waals surface area contributed by atoms with Crippen LogP contribution < -0.4 is 5.32 Å². The highest BCUT2D eigenvalue weighted by Gasteiger charge is 2.38. The monoisotopic (exact) mass is 521 g/mol. The third-order valence-electron chi connectivity index (χ3n) is 8.13. The molecule has 2 N–H and O–H groups in total. The van der Waals surface area contributed by atoms with Gasteiger partial charge in [-0.2, -0.15) is 0 Å². The van der Waals surface area contributed by atoms with Crippen molar-refractivity contribution in [3.05, 3.63) is 29.8 Å². The molecule has 1 aliphatic heterocycles. The Morgan fingerprint density at radius 2 is 1.89 bits per heavy atom. The number of likely N-dealkylation sites (tertiary alicyclic amines) is 1. The van der Waals surface area contributed by atoms with Crippen molar-refractivity contribution in [3.8, 4) is 5.75 Å². The summed E-state index contributed by atoms with van der Waals surface area (Å²) in [7, 11) is 0. The molecule has 7 nitrogen and oxygen atoms in total. The minimum absolute atomic E-state index is 0. The van der Waals surface area contributed by atoms with Gasteiger partial charge in [0.05, 0.1) is 0 Å². The van der Waals surface area contributed by atoms with Gasteiger partial charge in [0.2, 0.25) is 17.7 Å². The van der Waals surface area contributed by atoms with Crippen LogP contribution in [-0.4, -0.2) is 64.8 Å². The summed E-state index contributed by atoms with van der Waals surface area (Å²) in [6, 6.07) is 7.78. The molecule has 202 valence electrons. The molecule has 8 heteroatoms. The van der Waals surface area contributed by atoms with E-state index in [2.05, 4.69) is 30.1 Å². The lowest BCUT2D eigenvalue weighted by Crippen LogP contribution is -2.51. The number of hydrogen-bond acceptors (Lipinski definition) is 5. The molecule has 1 heterocycles. The van der Waals surface area contributed by atoms with Crippen LogP contribution in [0.15, 0.2) is 24.3 Å². The van der Waals surface area contributed by atoms with E-state index in [1.807, 2.05) is 24.0 Å². The van der Waals surface area contributed by atoms with E-state index < -0.39 is 5.91 Å². The van der Waals surface area contributed by atoms with Crippen LogP contribution >= 0.6 is 12.4 Å². The first kappa shape index (κ1) is 30.1. The standard InChI is InChI=1S/C28H43N3O4.ClH/c1-4-9-25(33)29-26(34)19-27(35)31(23-11-6-5-7-12-23)17-16-30-15-14-28(3,21(2)20-30)22-10-8-13-24(32)18-22;/h8,10,13,18,21,23,32H,4-7,9,11-12,14-17,19-20H2,1-3H3,(H,29,33,34);1H. The summed E-state index contributed by atoms with van der Waals surface area (Å²) >= 11 is 0. The second kappa shape index (κ2) is 14.0. The third kappa shape index (κ3) is 7.94. The number of imide groups is 1. The van der Waals surface area contributed by atoms with Gasteiger partial charge in [0.25, 0.3) is 0 Å². The average Bonchev–Trinajstić information content (AvgIpc) is 2.82. The van der Waals surface area contributed by atoms with Crippen LogP contribution in [0.3, 0.4) is 0 Å². The van der Waals surface area contributed by atoms with Crippen LogP contribution in [0.5, 0.6) is 5.75 Å². The number of nitrogens with zero attached hydrogens (tertiary/aromatic N) is 2. The Kier molecular flexibility index (Phi) is 11.7. The number of phenolic OH excluding ortho intramolecular Hbond substituents is 1. The maximum atomic E-state index is 13.2. The van der Waals surface area contributed by atoms with Crippen molar-refractivity contribution < 1.29 is 19.5 Å². The van der Waals surface area contributed by atoms with Crippen LogP contribution in [0.4, 0.5) is 0 Å². The first-order valence-corrected chi connectivity index (χ1v) is 13.4. The zero-order valence-corrected chi connectivity index (χ0v) is 22.9. The molecule has 1 saturated heterocycles. The first-order chi connectivity index (χ1) is 16.7. The molecular weight excluding hydrogens is 478 g/mol. The van der Waals surface area contributed by atoms with Crippen molar-refractivity contribution in [2.75, 3.05) is 26.2 Å². The summed E-state index contributed by atoms with van der Waals surface area (Å²) in [5.41, 5.74) is 1.17. The number of carbonyl (C=O) groups is 3. The Morgan fingerprint density at radius 3 is 2.53 bits per heavy atom. The number of rotatable bonds is 9. The maximum Gasteiger partial charge on any atom is 0.235 e. The quantitative estimate of drug-likeness (QED) is 0.470. The smallest absolute Gasteiger partial charge is 0.235 e. The van der Waals surface area contributed by atoms with Crippen LogP contribution in [0.25, 0.3) is 0 Å². The number of benzene rings is 1. The minimum atomic E-state index is -0.497. The highest BCUT2D eigenvalue weighted by Crippen LogP contribution is 2.40. The number of nitrogens with one attached hydrogen (secondary N) is 1. The van der Waals surface area contributed by atoms with Crippen molar-refractivity contribution in [2.24, 2.45) is 5.92 Å². The Bertz CT molecular complexity index is 889. The third-order valence-corrected chi connectivity index (χ3v) is 8.13. The minimum Gasteiger partial charge on any atom is -0.508 e. The molecule has 2 unspecified atom stereocenters. The highest BCUT2D eigenvalue weighted by molar-refractivity contribution is 6.04. The molecule has 2 aliphatic rings.